The molecule has 2 bridgehead atoms. The average Bonchev–Trinajstić information content (AvgIpc) is 2.63. The normalized spacial score (nSPS) is 28.4. The molecule has 0 aromatic heterocycles. The van der Waals surface area contributed by atoms with Crippen molar-refractivity contribution in [2.45, 2.75) is 44.3 Å². The molecule has 2 aliphatic heterocycles. The first-order valence-corrected chi connectivity index (χ1v) is 6.36. The maximum atomic E-state index is 8.90. The van der Waals surface area contributed by atoms with Crippen LogP contribution in [0.3, 0.4) is 0 Å². The van der Waals surface area contributed by atoms with Crippen LogP contribution in [0.15, 0.2) is 35.5 Å². The van der Waals surface area contributed by atoms with E-state index in [-0.39, 0.29) is 0 Å². The molecule has 2 heterocycles. The van der Waals surface area contributed by atoms with Crippen LogP contribution in [0, 0.1) is 0 Å². The van der Waals surface area contributed by atoms with Crippen molar-refractivity contribution in [3.63, 3.8) is 0 Å². The van der Waals surface area contributed by atoms with Gasteiger partial charge in [0.15, 0.2) is 0 Å². The van der Waals surface area contributed by atoms with Crippen molar-refractivity contribution in [3.05, 3.63) is 35.9 Å². The van der Waals surface area contributed by atoms with E-state index in [1.54, 1.807) is 0 Å². The third-order valence-electron chi connectivity index (χ3n) is 4.06. The SMILES string of the molecule is ON=C1CC2CCC(C1)N2Cc1ccccc1. The molecular formula is C14H18N2O. The first-order valence-electron chi connectivity index (χ1n) is 6.36. The van der Waals surface area contributed by atoms with Crippen molar-refractivity contribution >= 4 is 5.71 Å². The summed E-state index contributed by atoms with van der Waals surface area (Å²) < 4.78 is 0. The highest BCUT2D eigenvalue weighted by Crippen LogP contribution is 2.35. The molecule has 1 aromatic rings. The highest BCUT2D eigenvalue weighted by Gasteiger charge is 2.39. The summed E-state index contributed by atoms with van der Waals surface area (Å²) in [6.45, 7) is 1.04. The molecular weight excluding hydrogens is 212 g/mol. The third kappa shape index (κ3) is 2.07. The summed E-state index contributed by atoms with van der Waals surface area (Å²) in [4.78, 5) is 2.59. The van der Waals surface area contributed by atoms with Crippen molar-refractivity contribution in [2.24, 2.45) is 5.16 Å². The maximum Gasteiger partial charge on any atom is 0.0601 e. The van der Waals surface area contributed by atoms with Gasteiger partial charge in [-0.15, -0.1) is 0 Å². The Morgan fingerprint density at radius 3 is 2.35 bits per heavy atom. The number of hydrogen-bond acceptors (Lipinski definition) is 3. The molecule has 2 atom stereocenters. The Morgan fingerprint density at radius 1 is 1.12 bits per heavy atom. The monoisotopic (exact) mass is 230 g/mol. The molecule has 2 unspecified atom stereocenters. The summed E-state index contributed by atoms with van der Waals surface area (Å²) in [5, 5.41) is 12.3. The van der Waals surface area contributed by atoms with E-state index in [1.165, 1.54) is 18.4 Å². The highest BCUT2D eigenvalue weighted by molar-refractivity contribution is 5.86. The zero-order chi connectivity index (χ0) is 11.7. The molecule has 3 nitrogen and oxygen atoms in total. The first-order chi connectivity index (χ1) is 8.36. The second-order valence-corrected chi connectivity index (χ2v) is 5.12. The lowest BCUT2D eigenvalue weighted by molar-refractivity contribution is 0.171. The standard InChI is InChI=1S/C14H18N2O/c17-15-12-8-13-6-7-14(9-12)16(13)10-11-4-2-1-3-5-11/h1-5,13-14,17H,6-10H2. The molecule has 17 heavy (non-hydrogen) atoms. The van der Waals surface area contributed by atoms with E-state index in [2.05, 4.69) is 40.4 Å². The zero-order valence-electron chi connectivity index (χ0n) is 9.92. The number of piperidine rings is 1. The van der Waals surface area contributed by atoms with Crippen LogP contribution in [-0.4, -0.2) is 27.9 Å². The van der Waals surface area contributed by atoms with Crippen LogP contribution >= 0.6 is 0 Å². The fourth-order valence-corrected chi connectivity index (χ4v) is 3.21. The third-order valence-corrected chi connectivity index (χ3v) is 4.06. The van der Waals surface area contributed by atoms with Crippen molar-refractivity contribution < 1.29 is 5.21 Å². The lowest BCUT2D eigenvalue weighted by Gasteiger charge is -2.35. The van der Waals surface area contributed by atoms with Crippen LogP contribution in [0.5, 0.6) is 0 Å². The van der Waals surface area contributed by atoms with Crippen LogP contribution in [0.1, 0.15) is 31.2 Å². The topological polar surface area (TPSA) is 35.8 Å². The second-order valence-electron chi connectivity index (χ2n) is 5.12. The van der Waals surface area contributed by atoms with Gasteiger partial charge in [0.25, 0.3) is 0 Å². The van der Waals surface area contributed by atoms with Gasteiger partial charge in [0.2, 0.25) is 0 Å². The number of oxime groups is 1. The Morgan fingerprint density at radius 2 is 1.76 bits per heavy atom. The van der Waals surface area contributed by atoms with E-state index >= 15 is 0 Å². The van der Waals surface area contributed by atoms with Crippen LogP contribution in [0.2, 0.25) is 0 Å². The van der Waals surface area contributed by atoms with E-state index in [9.17, 15) is 0 Å². The van der Waals surface area contributed by atoms with Crippen molar-refractivity contribution in [3.8, 4) is 0 Å². The molecule has 90 valence electrons. The summed E-state index contributed by atoms with van der Waals surface area (Å²) in [5.41, 5.74) is 2.37. The van der Waals surface area contributed by atoms with Gasteiger partial charge in [0.05, 0.1) is 5.71 Å². The van der Waals surface area contributed by atoms with E-state index in [0.29, 0.717) is 12.1 Å². The molecule has 0 spiro atoms. The Hall–Kier alpha value is -1.35. The summed E-state index contributed by atoms with van der Waals surface area (Å²) in [7, 11) is 0. The summed E-state index contributed by atoms with van der Waals surface area (Å²) >= 11 is 0. The molecule has 1 N–H and O–H groups in total. The van der Waals surface area contributed by atoms with E-state index in [1.807, 2.05) is 0 Å². The minimum absolute atomic E-state index is 0.583. The number of hydrogen-bond donors (Lipinski definition) is 1. The predicted molar refractivity (Wildman–Crippen MR) is 67.3 cm³/mol. The van der Waals surface area contributed by atoms with Crippen molar-refractivity contribution in [1.82, 2.24) is 4.90 Å². The van der Waals surface area contributed by atoms with Gasteiger partial charge in [-0.05, 0) is 18.4 Å². The Balaban J connectivity index is 1.74. The average molecular weight is 230 g/mol. The summed E-state index contributed by atoms with van der Waals surface area (Å²) in [6, 6.07) is 11.8. The quantitative estimate of drug-likeness (QED) is 0.626. The number of rotatable bonds is 2. The minimum atomic E-state index is 0.583. The van der Waals surface area contributed by atoms with Gasteiger partial charge >= 0.3 is 0 Å². The Labute approximate surface area is 102 Å². The van der Waals surface area contributed by atoms with Gasteiger partial charge in [0.1, 0.15) is 0 Å². The minimum Gasteiger partial charge on any atom is -0.411 e. The zero-order valence-corrected chi connectivity index (χ0v) is 9.92. The molecule has 0 saturated carbocycles. The fraction of sp³-hybridized carbons (Fsp3) is 0.500. The molecule has 0 radical (unpaired) electrons. The molecule has 1 aromatic carbocycles. The molecule has 3 rings (SSSR count). The molecule has 0 amide bonds. The number of nitrogens with zero attached hydrogens (tertiary/aromatic N) is 2. The van der Waals surface area contributed by atoms with Crippen molar-refractivity contribution in [1.29, 1.82) is 0 Å². The van der Waals surface area contributed by atoms with Crippen LogP contribution < -0.4 is 0 Å². The number of benzene rings is 1. The second kappa shape index (κ2) is 4.49. The fourth-order valence-electron chi connectivity index (χ4n) is 3.21. The Kier molecular flexibility index (Phi) is 2.85. The molecule has 2 aliphatic rings. The van der Waals surface area contributed by atoms with Crippen LogP contribution in [0.25, 0.3) is 0 Å². The van der Waals surface area contributed by atoms with Crippen LogP contribution in [0.4, 0.5) is 0 Å². The highest BCUT2D eigenvalue weighted by atomic mass is 16.4. The van der Waals surface area contributed by atoms with Gasteiger partial charge in [0, 0.05) is 31.5 Å². The van der Waals surface area contributed by atoms with Gasteiger partial charge in [-0.3, -0.25) is 4.90 Å². The van der Waals surface area contributed by atoms with Crippen molar-refractivity contribution in [2.75, 3.05) is 0 Å². The molecule has 2 fully saturated rings. The molecule has 0 aliphatic carbocycles. The summed E-state index contributed by atoms with van der Waals surface area (Å²) in [5.74, 6) is 0. The lowest BCUT2D eigenvalue weighted by Crippen LogP contribution is -2.42. The molecule has 2 saturated heterocycles. The first kappa shape index (κ1) is 10.8. The van der Waals surface area contributed by atoms with E-state index in [0.717, 1.165) is 25.1 Å². The van der Waals surface area contributed by atoms with Gasteiger partial charge in [-0.1, -0.05) is 35.5 Å². The van der Waals surface area contributed by atoms with Gasteiger partial charge < -0.3 is 5.21 Å². The van der Waals surface area contributed by atoms with E-state index < -0.39 is 0 Å². The lowest BCUT2D eigenvalue weighted by atomic mass is 10.00. The largest absolute Gasteiger partial charge is 0.411 e. The van der Waals surface area contributed by atoms with Crippen LogP contribution in [-0.2, 0) is 6.54 Å². The maximum absolute atomic E-state index is 8.90. The number of fused-ring (bicyclic) bond motifs is 2. The smallest absolute Gasteiger partial charge is 0.0601 e. The Bertz CT molecular complexity index is 399. The van der Waals surface area contributed by atoms with E-state index in [4.69, 9.17) is 5.21 Å². The van der Waals surface area contributed by atoms with Gasteiger partial charge in [-0.25, -0.2) is 0 Å². The summed E-state index contributed by atoms with van der Waals surface area (Å²) in [6.07, 6.45) is 4.38. The van der Waals surface area contributed by atoms with Gasteiger partial charge in [-0.2, -0.15) is 0 Å². The predicted octanol–water partition coefficient (Wildman–Crippen LogP) is 2.64. The molecule has 3 heteroatoms.